The molecular weight excluding hydrogens is 244 g/mol. The molecule has 3 fully saturated rings. The lowest BCUT2D eigenvalue weighted by atomic mass is 9.83. The molecule has 0 bridgehead atoms. The van der Waals surface area contributed by atoms with E-state index in [1.165, 1.54) is 83.8 Å². The van der Waals surface area contributed by atoms with Crippen molar-refractivity contribution in [2.45, 2.75) is 83.2 Å². The SMILES string of the molecule is CCCCC1CC(NCC2CCC2)CN(C2CCC2)C1. The van der Waals surface area contributed by atoms with Gasteiger partial charge in [0.25, 0.3) is 0 Å². The molecule has 2 atom stereocenters. The van der Waals surface area contributed by atoms with Crippen LogP contribution in [-0.2, 0) is 0 Å². The topological polar surface area (TPSA) is 15.3 Å². The lowest BCUT2D eigenvalue weighted by molar-refractivity contribution is 0.0536. The molecule has 1 aliphatic heterocycles. The van der Waals surface area contributed by atoms with Gasteiger partial charge in [-0.25, -0.2) is 0 Å². The van der Waals surface area contributed by atoms with E-state index < -0.39 is 0 Å². The van der Waals surface area contributed by atoms with Crippen LogP contribution in [0.25, 0.3) is 0 Å². The van der Waals surface area contributed by atoms with Gasteiger partial charge in [0, 0.05) is 25.2 Å². The second-order valence-electron chi connectivity index (χ2n) is 7.68. The van der Waals surface area contributed by atoms with Crippen molar-refractivity contribution < 1.29 is 0 Å². The Morgan fingerprint density at radius 2 is 1.80 bits per heavy atom. The highest BCUT2D eigenvalue weighted by Crippen LogP contribution is 2.31. The zero-order valence-electron chi connectivity index (χ0n) is 13.4. The van der Waals surface area contributed by atoms with Crippen LogP contribution in [0.2, 0.25) is 0 Å². The largest absolute Gasteiger partial charge is 0.312 e. The Bertz CT molecular complexity index is 283. The Morgan fingerprint density at radius 3 is 2.40 bits per heavy atom. The first-order valence-electron chi connectivity index (χ1n) is 9.32. The normalized spacial score (nSPS) is 32.9. The Labute approximate surface area is 125 Å². The third-order valence-corrected chi connectivity index (χ3v) is 6.04. The zero-order valence-corrected chi connectivity index (χ0v) is 13.4. The van der Waals surface area contributed by atoms with Gasteiger partial charge in [-0.2, -0.15) is 0 Å². The summed E-state index contributed by atoms with van der Waals surface area (Å²) in [5.41, 5.74) is 0. The molecule has 0 amide bonds. The van der Waals surface area contributed by atoms with Crippen LogP contribution >= 0.6 is 0 Å². The number of rotatable bonds is 7. The van der Waals surface area contributed by atoms with Crippen LogP contribution in [0.4, 0.5) is 0 Å². The predicted octanol–water partition coefficient (Wildman–Crippen LogP) is 3.81. The molecule has 2 saturated carbocycles. The fourth-order valence-corrected chi connectivity index (χ4v) is 4.17. The van der Waals surface area contributed by atoms with Crippen LogP contribution in [0.15, 0.2) is 0 Å². The quantitative estimate of drug-likeness (QED) is 0.762. The molecule has 1 N–H and O–H groups in total. The number of hydrogen-bond acceptors (Lipinski definition) is 2. The van der Waals surface area contributed by atoms with Crippen LogP contribution in [0, 0.1) is 11.8 Å². The van der Waals surface area contributed by atoms with Gasteiger partial charge in [-0.3, -0.25) is 4.90 Å². The van der Waals surface area contributed by atoms with Crippen LogP contribution in [0.5, 0.6) is 0 Å². The van der Waals surface area contributed by atoms with Crippen molar-refractivity contribution in [3.63, 3.8) is 0 Å². The smallest absolute Gasteiger partial charge is 0.0198 e. The minimum atomic E-state index is 0.784. The standard InChI is InChI=1S/C18H34N2/c1-2-3-6-16-11-17(19-12-15-7-4-8-15)14-20(13-16)18-9-5-10-18/h15-19H,2-14H2,1H3. The van der Waals surface area contributed by atoms with E-state index in [1.54, 1.807) is 0 Å². The Morgan fingerprint density at radius 1 is 1.00 bits per heavy atom. The first-order valence-corrected chi connectivity index (χ1v) is 9.32. The van der Waals surface area contributed by atoms with E-state index in [4.69, 9.17) is 0 Å². The van der Waals surface area contributed by atoms with Crippen LogP contribution in [0.1, 0.15) is 71.1 Å². The molecule has 0 aromatic heterocycles. The van der Waals surface area contributed by atoms with Crippen LogP contribution < -0.4 is 5.32 Å². The summed E-state index contributed by atoms with van der Waals surface area (Å²) in [4.78, 5) is 2.84. The second-order valence-corrected chi connectivity index (χ2v) is 7.68. The highest BCUT2D eigenvalue weighted by Gasteiger charge is 2.33. The number of likely N-dealkylation sites (tertiary alicyclic amines) is 1. The Balaban J connectivity index is 1.48. The van der Waals surface area contributed by atoms with E-state index >= 15 is 0 Å². The van der Waals surface area contributed by atoms with Crippen molar-refractivity contribution in [1.29, 1.82) is 0 Å². The van der Waals surface area contributed by atoms with Gasteiger partial charge in [0.2, 0.25) is 0 Å². The molecule has 0 aromatic rings. The summed E-state index contributed by atoms with van der Waals surface area (Å²) in [6, 6.07) is 1.72. The minimum Gasteiger partial charge on any atom is -0.312 e. The van der Waals surface area contributed by atoms with Crippen molar-refractivity contribution in [3.05, 3.63) is 0 Å². The maximum Gasteiger partial charge on any atom is 0.0198 e. The lowest BCUT2D eigenvalue weighted by Gasteiger charge is -2.46. The monoisotopic (exact) mass is 278 g/mol. The van der Waals surface area contributed by atoms with Gasteiger partial charge >= 0.3 is 0 Å². The summed E-state index contributed by atoms with van der Waals surface area (Å²) >= 11 is 0. The summed E-state index contributed by atoms with van der Waals surface area (Å²) in [5.74, 6) is 1.96. The molecule has 3 aliphatic rings. The molecule has 3 rings (SSSR count). The number of nitrogens with one attached hydrogen (secondary N) is 1. The van der Waals surface area contributed by atoms with Gasteiger partial charge in [-0.1, -0.05) is 32.6 Å². The fraction of sp³-hybridized carbons (Fsp3) is 1.00. The highest BCUT2D eigenvalue weighted by atomic mass is 15.2. The molecule has 2 heteroatoms. The van der Waals surface area contributed by atoms with E-state index in [0.29, 0.717) is 0 Å². The highest BCUT2D eigenvalue weighted by molar-refractivity contribution is 4.90. The van der Waals surface area contributed by atoms with Crippen molar-refractivity contribution in [2.75, 3.05) is 19.6 Å². The average molecular weight is 278 g/mol. The van der Waals surface area contributed by atoms with Gasteiger partial charge in [0.05, 0.1) is 0 Å². The van der Waals surface area contributed by atoms with E-state index in [9.17, 15) is 0 Å². The Hall–Kier alpha value is -0.0800. The van der Waals surface area contributed by atoms with E-state index in [2.05, 4.69) is 17.1 Å². The number of piperidine rings is 1. The van der Waals surface area contributed by atoms with E-state index in [0.717, 1.165) is 23.9 Å². The lowest BCUT2D eigenvalue weighted by Crippen LogP contribution is -2.55. The molecule has 1 saturated heterocycles. The summed E-state index contributed by atoms with van der Waals surface area (Å²) in [6.07, 6.45) is 14.5. The molecular formula is C18H34N2. The summed E-state index contributed by atoms with van der Waals surface area (Å²) in [6.45, 7) is 6.36. The van der Waals surface area contributed by atoms with Gasteiger partial charge in [-0.05, 0) is 56.9 Å². The third kappa shape index (κ3) is 3.76. The Kier molecular flexibility index (Phi) is 5.39. The van der Waals surface area contributed by atoms with Crippen molar-refractivity contribution in [1.82, 2.24) is 10.2 Å². The van der Waals surface area contributed by atoms with Crippen molar-refractivity contribution in [2.24, 2.45) is 11.8 Å². The minimum absolute atomic E-state index is 0.784. The van der Waals surface area contributed by atoms with Crippen molar-refractivity contribution in [3.8, 4) is 0 Å². The van der Waals surface area contributed by atoms with Crippen LogP contribution in [-0.4, -0.2) is 36.6 Å². The predicted molar refractivity (Wildman–Crippen MR) is 86.0 cm³/mol. The van der Waals surface area contributed by atoms with Gasteiger partial charge in [0.1, 0.15) is 0 Å². The number of unbranched alkanes of at least 4 members (excludes halogenated alkanes) is 1. The molecule has 20 heavy (non-hydrogen) atoms. The molecule has 0 aromatic carbocycles. The van der Waals surface area contributed by atoms with Crippen LogP contribution in [0.3, 0.4) is 0 Å². The third-order valence-electron chi connectivity index (χ3n) is 6.04. The number of hydrogen-bond donors (Lipinski definition) is 1. The molecule has 1 heterocycles. The maximum absolute atomic E-state index is 3.92. The van der Waals surface area contributed by atoms with E-state index in [1.807, 2.05) is 0 Å². The molecule has 0 radical (unpaired) electrons. The summed E-state index contributed by atoms with van der Waals surface area (Å²) in [5, 5.41) is 3.92. The zero-order chi connectivity index (χ0) is 13.8. The first kappa shape index (κ1) is 14.8. The second kappa shape index (κ2) is 7.26. The van der Waals surface area contributed by atoms with Gasteiger partial charge < -0.3 is 5.32 Å². The van der Waals surface area contributed by atoms with Gasteiger partial charge in [0.15, 0.2) is 0 Å². The van der Waals surface area contributed by atoms with E-state index in [-0.39, 0.29) is 0 Å². The molecule has 116 valence electrons. The summed E-state index contributed by atoms with van der Waals surface area (Å²) < 4.78 is 0. The first-order chi connectivity index (χ1) is 9.85. The molecule has 2 nitrogen and oxygen atoms in total. The molecule has 2 aliphatic carbocycles. The summed E-state index contributed by atoms with van der Waals surface area (Å²) in [7, 11) is 0. The van der Waals surface area contributed by atoms with Crippen molar-refractivity contribution >= 4 is 0 Å². The maximum atomic E-state index is 3.92. The average Bonchev–Trinajstić information content (AvgIpc) is 2.32. The molecule has 2 unspecified atom stereocenters. The molecule has 0 spiro atoms. The van der Waals surface area contributed by atoms with Gasteiger partial charge in [-0.15, -0.1) is 0 Å². The number of nitrogens with zero attached hydrogens (tertiary/aromatic N) is 1. The fourth-order valence-electron chi connectivity index (χ4n) is 4.17.